The Morgan fingerprint density at radius 3 is 2.52 bits per heavy atom. The molecule has 7 heteroatoms. The first kappa shape index (κ1) is 14.8. The second-order valence-electron chi connectivity index (χ2n) is 4.17. The van der Waals surface area contributed by atoms with Crippen LogP contribution >= 0.6 is 0 Å². The SMILES string of the molecule is COc1ccc(NC(=O)Cc2cc(F)c(F)cc2F)cn1. The van der Waals surface area contributed by atoms with Crippen LogP contribution in [0, 0.1) is 17.5 Å². The van der Waals surface area contributed by atoms with Crippen molar-refractivity contribution in [2.24, 2.45) is 0 Å². The molecule has 0 aliphatic heterocycles. The van der Waals surface area contributed by atoms with Crippen molar-refractivity contribution in [3.63, 3.8) is 0 Å². The van der Waals surface area contributed by atoms with E-state index in [4.69, 9.17) is 4.74 Å². The summed E-state index contributed by atoms with van der Waals surface area (Å²) in [7, 11) is 1.45. The third-order valence-electron chi connectivity index (χ3n) is 2.67. The first-order valence-electron chi connectivity index (χ1n) is 5.93. The summed E-state index contributed by atoms with van der Waals surface area (Å²) in [5.74, 6) is -3.68. The number of hydrogen-bond acceptors (Lipinski definition) is 3. The number of nitrogens with one attached hydrogen (secondary N) is 1. The Morgan fingerprint density at radius 1 is 1.19 bits per heavy atom. The summed E-state index contributed by atoms with van der Waals surface area (Å²) in [4.78, 5) is 15.6. The molecule has 0 aliphatic rings. The first-order valence-corrected chi connectivity index (χ1v) is 5.93. The van der Waals surface area contributed by atoms with Crippen LogP contribution in [0.2, 0.25) is 0 Å². The fourth-order valence-corrected chi connectivity index (χ4v) is 1.65. The van der Waals surface area contributed by atoms with Crippen molar-refractivity contribution in [1.29, 1.82) is 0 Å². The third-order valence-corrected chi connectivity index (χ3v) is 2.67. The number of rotatable bonds is 4. The van der Waals surface area contributed by atoms with Gasteiger partial charge < -0.3 is 10.1 Å². The molecule has 0 bridgehead atoms. The highest BCUT2D eigenvalue weighted by Crippen LogP contribution is 2.16. The van der Waals surface area contributed by atoms with Crippen molar-refractivity contribution >= 4 is 11.6 Å². The topological polar surface area (TPSA) is 51.2 Å². The molecule has 0 saturated carbocycles. The number of halogens is 3. The summed E-state index contributed by atoms with van der Waals surface area (Å²) in [6.07, 6.45) is 0.938. The van der Waals surface area contributed by atoms with E-state index >= 15 is 0 Å². The minimum Gasteiger partial charge on any atom is -0.481 e. The van der Waals surface area contributed by atoms with E-state index in [9.17, 15) is 18.0 Å². The van der Waals surface area contributed by atoms with Crippen molar-refractivity contribution in [2.45, 2.75) is 6.42 Å². The van der Waals surface area contributed by atoms with Crippen molar-refractivity contribution in [3.8, 4) is 5.88 Å². The maximum atomic E-state index is 13.4. The molecule has 0 saturated heterocycles. The van der Waals surface area contributed by atoms with Gasteiger partial charge in [-0.25, -0.2) is 18.2 Å². The van der Waals surface area contributed by atoms with E-state index in [1.165, 1.54) is 19.4 Å². The molecule has 0 fully saturated rings. The zero-order chi connectivity index (χ0) is 15.4. The number of anilines is 1. The molecule has 0 unspecified atom stereocenters. The molecular weight excluding hydrogens is 285 g/mol. The van der Waals surface area contributed by atoms with Crippen LogP contribution in [-0.4, -0.2) is 18.0 Å². The van der Waals surface area contributed by atoms with Gasteiger partial charge in [-0.15, -0.1) is 0 Å². The zero-order valence-corrected chi connectivity index (χ0v) is 11.0. The molecule has 2 aromatic rings. The van der Waals surface area contributed by atoms with Gasteiger partial charge in [0.05, 0.1) is 25.4 Å². The van der Waals surface area contributed by atoms with Crippen LogP contribution in [0.4, 0.5) is 18.9 Å². The Kier molecular flexibility index (Phi) is 4.42. The second kappa shape index (κ2) is 6.25. The molecule has 1 aromatic heterocycles. The van der Waals surface area contributed by atoms with E-state index in [0.29, 0.717) is 23.7 Å². The number of aromatic nitrogens is 1. The van der Waals surface area contributed by atoms with Gasteiger partial charge in [-0.2, -0.15) is 0 Å². The smallest absolute Gasteiger partial charge is 0.228 e. The molecule has 0 atom stereocenters. The molecule has 0 radical (unpaired) electrons. The number of carbonyl (C=O) groups is 1. The van der Waals surface area contributed by atoms with Crippen molar-refractivity contribution in [1.82, 2.24) is 4.98 Å². The Labute approximate surface area is 118 Å². The lowest BCUT2D eigenvalue weighted by molar-refractivity contribution is -0.115. The van der Waals surface area contributed by atoms with E-state index in [1.807, 2.05) is 0 Å². The summed E-state index contributed by atoms with van der Waals surface area (Å²) >= 11 is 0. The highest BCUT2D eigenvalue weighted by Gasteiger charge is 2.13. The number of methoxy groups -OCH3 is 1. The number of pyridine rings is 1. The lowest BCUT2D eigenvalue weighted by Gasteiger charge is -2.07. The van der Waals surface area contributed by atoms with Gasteiger partial charge in [0.15, 0.2) is 11.6 Å². The zero-order valence-electron chi connectivity index (χ0n) is 11.0. The van der Waals surface area contributed by atoms with E-state index < -0.39 is 29.8 Å². The van der Waals surface area contributed by atoms with E-state index in [0.717, 1.165) is 0 Å². The van der Waals surface area contributed by atoms with Gasteiger partial charge in [0.2, 0.25) is 11.8 Å². The molecule has 21 heavy (non-hydrogen) atoms. The molecule has 0 spiro atoms. The van der Waals surface area contributed by atoms with Crippen LogP contribution in [0.15, 0.2) is 30.5 Å². The second-order valence-corrected chi connectivity index (χ2v) is 4.17. The number of ether oxygens (including phenoxy) is 1. The molecule has 1 aromatic carbocycles. The molecule has 2 rings (SSSR count). The average Bonchev–Trinajstić information content (AvgIpc) is 2.45. The first-order chi connectivity index (χ1) is 9.99. The highest BCUT2D eigenvalue weighted by atomic mass is 19.2. The summed E-state index contributed by atoms with van der Waals surface area (Å²) in [6.45, 7) is 0. The number of carbonyl (C=O) groups excluding carboxylic acids is 1. The molecular formula is C14H11F3N2O2. The Balaban J connectivity index is 2.06. The van der Waals surface area contributed by atoms with Crippen LogP contribution in [0.1, 0.15) is 5.56 Å². The van der Waals surface area contributed by atoms with Gasteiger partial charge in [-0.3, -0.25) is 4.79 Å². The van der Waals surface area contributed by atoms with E-state index in [1.54, 1.807) is 6.07 Å². The van der Waals surface area contributed by atoms with Gasteiger partial charge in [0, 0.05) is 17.7 Å². The van der Waals surface area contributed by atoms with Crippen molar-refractivity contribution < 1.29 is 22.7 Å². The number of benzene rings is 1. The maximum absolute atomic E-state index is 13.4. The summed E-state index contributed by atoms with van der Waals surface area (Å²) in [5, 5.41) is 2.46. The fraction of sp³-hybridized carbons (Fsp3) is 0.143. The van der Waals surface area contributed by atoms with E-state index in [2.05, 4.69) is 10.3 Å². The maximum Gasteiger partial charge on any atom is 0.228 e. The molecule has 4 nitrogen and oxygen atoms in total. The number of amides is 1. The van der Waals surface area contributed by atoms with Crippen LogP contribution in [-0.2, 0) is 11.2 Å². The Bertz CT molecular complexity index is 660. The molecule has 110 valence electrons. The monoisotopic (exact) mass is 296 g/mol. The van der Waals surface area contributed by atoms with Crippen LogP contribution in [0.25, 0.3) is 0 Å². The number of hydrogen-bond donors (Lipinski definition) is 1. The molecule has 1 amide bonds. The molecule has 0 aliphatic carbocycles. The van der Waals surface area contributed by atoms with Crippen LogP contribution in [0.3, 0.4) is 0 Å². The van der Waals surface area contributed by atoms with Crippen molar-refractivity contribution in [2.75, 3.05) is 12.4 Å². The predicted molar refractivity (Wildman–Crippen MR) is 69.4 cm³/mol. The van der Waals surface area contributed by atoms with Gasteiger partial charge in [-0.1, -0.05) is 0 Å². The normalized spacial score (nSPS) is 10.3. The quantitative estimate of drug-likeness (QED) is 0.883. The molecule has 1 heterocycles. The van der Waals surface area contributed by atoms with Crippen molar-refractivity contribution in [3.05, 3.63) is 53.5 Å². The summed E-state index contributed by atoms with van der Waals surface area (Å²) in [5.41, 5.74) is 0.150. The van der Waals surface area contributed by atoms with Gasteiger partial charge >= 0.3 is 0 Å². The number of nitrogens with zero attached hydrogens (tertiary/aromatic N) is 1. The third kappa shape index (κ3) is 3.71. The molecule has 1 N–H and O–H groups in total. The van der Waals surface area contributed by atoms with E-state index in [-0.39, 0.29) is 5.56 Å². The van der Waals surface area contributed by atoms with Gasteiger partial charge in [-0.05, 0) is 12.1 Å². The Hall–Kier alpha value is -2.57. The lowest BCUT2D eigenvalue weighted by atomic mass is 10.1. The van der Waals surface area contributed by atoms with Gasteiger partial charge in [0.25, 0.3) is 0 Å². The standard InChI is InChI=1S/C14H11F3N2O2/c1-21-14-3-2-9(7-18-14)19-13(20)5-8-4-11(16)12(17)6-10(8)15/h2-4,6-7H,5H2,1H3,(H,19,20). The average molecular weight is 296 g/mol. The minimum absolute atomic E-state index is 0.229. The summed E-state index contributed by atoms with van der Waals surface area (Å²) < 4.78 is 44.1. The predicted octanol–water partition coefficient (Wildman–Crippen LogP) is 2.69. The largest absolute Gasteiger partial charge is 0.481 e. The Morgan fingerprint density at radius 2 is 1.90 bits per heavy atom. The fourth-order valence-electron chi connectivity index (χ4n) is 1.65. The van der Waals surface area contributed by atoms with Crippen LogP contribution in [0.5, 0.6) is 5.88 Å². The lowest BCUT2D eigenvalue weighted by Crippen LogP contribution is -2.15. The minimum atomic E-state index is -1.30. The summed E-state index contributed by atoms with van der Waals surface area (Å²) in [6, 6.07) is 4.16. The van der Waals surface area contributed by atoms with Gasteiger partial charge in [0.1, 0.15) is 5.82 Å². The highest BCUT2D eigenvalue weighted by molar-refractivity contribution is 5.92. The van der Waals surface area contributed by atoms with Crippen LogP contribution < -0.4 is 10.1 Å².